The van der Waals surface area contributed by atoms with Crippen molar-refractivity contribution >= 4 is 0 Å². The summed E-state index contributed by atoms with van der Waals surface area (Å²) in [6, 6.07) is 7.75. The zero-order chi connectivity index (χ0) is 13.8. The smallest absolute Gasteiger partial charge is 0.0587 e. The van der Waals surface area contributed by atoms with Crippen LogP contribution in [0, 0.1) is 13.8 Å². The Kier molecular flexibility index (Phi) is 5.00. The zero-order valence-corrected chi connectivity index (χ0v) is 12.7. The van der Waals surface area contributed by atoms with Gasteiger partial charge in [0.2, 0.25) is 0 Å². The van der Waals surface area contributed by atoms with Gasteiger partial charge in [0, 0.05) is 18.7 Å². The third-order valence-electron chi connectivity index (χ3n) is 4.20. The number of ether oxygens (including phenoxy) is 1. The lowest BCUT2D eigenvalue weighted by molar-refractivity contribution is -0.00166. The SMILES string of the molecule is CCC1CC(NC(C)c2ccc(C)cc2C)CCO1. The molecule has 3 atom stereocenters. The van der Waals surface area contributed by atoms with Crippen molar-refractivity contribution in [2.45, 2.75) is 65.1 Å². The molecule has 2 nitrogen and oxygen atoms in total. The van der Waals surface area contributed by atoms with Gasteiger partial charge in [-0.15, -0.1) is 0 Å². The second kappa shape index (κ2) is 6.53. The van der Waals surface area contributed by atoms with Crippen LogP contribution in [-0.4, -0.2) is 18.8 Å². The van der Waals surface area contributed by atoms with Crippen molar-refractivity contribution in [3.63, 3.8) is 0 Å². The molecule has 3 unspecified atom stereocenters. The maximum Gasteiger partial charge on any atom is 0.0587 e. The van der Waals surface area contributed by atoms with E-state index in [2.05, 4.69) is 51.2 Å². The molecule has 1 saturated heterocycles. The lowest BCUT2D eigenvalue weighted by Crippen LogP contribution is -2.40. The molecule has 1 aliphatic rings. The Labute approximate surface area is 117 Å². The van der Waals surface area contributed by atoms with Crippen LogP contribution in [0.4, 0.5) is 0 Å². The summed E-state index contributed by atoms with van der Waals surface area (Å²) >= 11 is 0. The van der Waals surface area contributed by atoms with Crippen LogP contribution >= 0.6 is 0 Å². The van der Waals surface area contributed by atoms with Crippen molar-refractivity contribution in [3.8, 4) is 0 Å². The number of nitrogens with one attached hydrogen (secondary N) is 1. The number of hydrogen-bond donors (Lipinski definition) is 1. The molecule has 0 aliphatic carbocycles. The summed E-state index contributed by atoms with van der Waals surface area (Å²) in [7, 11) is 0. The standard InChI is InChI=1S/C17H27NO/c1-5-16-11-15(8-9-19-16)18-14(4)17-7-6-12(2)10-13(17)3/h6-7,10,14-16,18H,5,8-9,11H2,1-4H3. The number of aryl methyl sites for hydroxylation is 2. The fourth-order valence-electron chi connectivity index (χ4n) is 3.07. The maximum atomic E-state index is 5.74. The second-order valence-electron chi connectivity index (χ2n) is 5.87. The first-order valence-corrected chi connectivity index (χ1v) is 7.55. The highest BCUT2D eigenvalue weighted by Crippen LogP contribution is 2.23. The van der Waals surface area contributed by atoms with Gasteiger partial charge in [-0.2, -0.15) is 0 Å². The predicted molar refractivity (Wildman–Crippen MR) is 80.5 cm³/mol. The molecule has 0 bridgehead atoms. The Hall–Kier alpha value is -0.860. The van der Waals surface area contributed by atoms with Gasteiger partial charge in [0.1, 0.15) is 0 Å². The minimum absolute atomic E-state index is 0.418. The summed E-state index contributed by atoms with van der Waals surface area (Å²) in [5.41, 5.74) is 4.15. The lowest BCUT2D eigenvalue weighted by Gasteiger charge is -2.32. The van der Waals surface area contributed by atoms with Gasteiger partial charge in [0.15, 0.2) is 0 Å². The predicted octanol–water partition coefficient (Wildman–Crippen LogP) is 3.91. The monoisotopic (exact) mass is 261 g/mol. The molecule has 106 valence electrons. The highest BCUT2D eigenvalue weighted by molar-refractivity contribution is 5.32. The van der Waals surface area contributed by atoms with Crippen molar-refractivity contribution in [1.82, 2.24) is 5.32 Å². The first-order chi connectivity index (χ1) is 9.10. The fourth-order valence-corrected chi connectivity index (χ4v) is 3.07. The van der Waals surface area contributed by atoms with E-state index in [4.69, 9.17) is 4.74 Å². The Morgan fingerprint density at radius 2 is 2.16 bits per heavy atom. The summed E-state index contributed by atoms with van der Waals surface area (Å²) < 4.78 is 5.74. The maximum absolute atomic E-state index is 5.74. The summed E-state index contributed by atoms with van der Waals surface area (Å²) in [5.74, 6) is 0. The summed E-state index contributed by atoms with van der Waals surface area (Å²) in [6.45, 7) is 9.74. The van der Waals surface area contributed by atoms with Crippen LogP contribution < -0.4 is 5.32 Å². The molecule has 2 rings (SSSR count). The summed E-state index contributed by atoms with van der Waals surface area (Å²) in [6.07, 6.45) is 3.84. The molecule has 0 aromatic heterocycles. The van der Waals surface area contributed by atoms with Crippen LogP contribution in [0.5, 0.6) is 0 Å². The molecule has 1 N–H and O–H groups in total. The van der Waals surface area contributed by atoms with E-state index in [1.165, 1.54) is 16.7 Å². The lowest BCUT2D eigenvalue weighted by atomic mass is 9.96. The largest absolute Gasteiger partial charge is 0.378 e. The van der Waals surface area contributed by atoms with Crippen molar-refractivity contribution < 1.29 is 4.74 Å². The van der Waals surface area contributed by atoms with E-state index < -0.39 is 0 Å². The quantitative estimate of drug-likeness (QED) is 0.887. The Bertz CT molecular complexity index is 416. The van der Waals surface area contributed by atoms with E-state index in [0.29, 0.717) is 18.2 Å². The molecule has 1 heterocycles. The van der Waals surface area contributed by atoms with E-state index in [1.54, 1.807) is 0 Å². The molecule has 1 aromatic rings. The van der Waals surface area contributed by atoms with Gasteiger partial charge in [-0.05, 0) is 51.2 Å². The molecule has 2 heteroatoms. The average Bonchev–Trinajstić information content (AvgIpc) is 2.38. The molecule has 0 saturated carbocycles. The van der Waals surface area contributed by atoms with Crippen LogP contribution in [0.15, 0.2) is 18.2 Å². The fraction of sp³-hybridized carbons (Fsp3) is 0.647. The molecule has 19 heavy (non-hydrogen) atoms. The van der Waals surface area contributed by atoms with E-state index in [1.807, 2.05) is 0 Å². The van der Waals surface area contributed by atoms with Gasteiger partial charge >= 0.3 is 0 Å². The van der Waals surface area contributed by atoms with E-state index in [-0.39, 0.29) is 0 Å². The minimum Gasteiger partial charge on any atom is -0.378 e. The Balaban J connectivity index is 1.98. The normalized spacial score (nSPS) is 25.3. The number of hydrogen-bond acceptors (Lipinski definition) is 2. The van der Waals surface area contributed by atoms with Gasteiger partial charge < -0.3 is 10.1 Å². The highest BCUT2D eigenvalue weighted by atomic mass is 16.5. The van der Waals surface area contributed by atoms with Gasteiger partial charge in [0.05, 0.1) is 6.10 Å². The number of benzene rings is 1. The second-order valence-corrected chi connectivity index (χ2v) is 5.87. The average molecular weight is 261 g/mol. The highest BCUT2D eigenvalue weighted by Gasteiger charge is 2.23. The topological polar surface area (TPSA) is 21.3 Å². The molecule has 0 spiro atoms. The molecule has 0 amide bonds. The van der Waals surface area contributed by atoms with Crippen molar-refractivity contribution in [1.29, 1.82) is 0 Å². The van der Waals surface area contributed by atoms with E-state index in [0.717, 1.165) is 25.9 Å². The third kappa shape index (κ3) is 3.80. The van der Waals surface area contributed by atoms with Crippen LogP contribution in [0.2, 0.25) is 0 Å². The summed E-state index contributed by atoms with van der Waals surface area (Å²) in [4.78, 5) is 0. The minimum atomic E-state index is 0.418. The molecular weight excluding hydrogens is 234 g/mol. The zero-order valence-electron chi connectivity index (χ0n) is 12.7. The molecule has 1 fully saturated rings. The number of rotatable bonds is 4. The Morgan fingerprint density at radius 3 is 2.84 bits per heavy atom. The molecular formula is C17H27NO. The van der Waals surface area contributed by atoms with Gasteiger partial charge in [-0.1, -0.05) is 30.7 Å². The van der Waals surface area contributed by atoms with Crippen molar-refractivity contribution in [2.75, 3.05) is 6.61 Å². The van der Waals surface area contributed by atoms with Crippen LogP contribution in [0.3, 0.4) is 0 Å². The van der Waals surface area contributed by atoms with E-state index >= 15 is 0 Å². The van der Waals surface area contributed by atoms with Crippen molar-refractivity contribution in [2.24, 2.45) is 0 Å². The summed E-state index contributed by atoms with van der Waals surface area (Å²) in [5, 5.41) is 3.78. The first-order valence-electron chi connectivity index (χ1n) is 7.55. The molecule has 1 aliphatic heterocycles. The Morgan fingerprint density at radius 1 is 1.37 bits per heavy atom. The van der Waals surface area contributed by atoms with Crippen LogP contribution in [0.25, 0.3) is 0 Å². The third-order valence-corrected chi connectivity index (χ3v) is 4.20. The van der Waals surface area contributed by atoms with Crippen molar-refractivity contribution in [3.05, 3.63) is 34.9 Å². The van der Waals surface area contributed by atoms with Gasteiger partial charge in [-0.25, -0.2) is 0 Å². The molecule has 1 aromatic carbocycles. The van der Waals surface area contributed by atoms with E-state index in [9.17, 15) is 0 Å². The molecule has 0 radical (unpaired) electrons. The van der Waals surface area contributed by atoms with Gasteiger partial charge in [0.25, 0.3) is 0 Å². The first kappa shape index (κ1) is 14.5. The van der Waals surface area contributed by atoms with Crippen LogP contribution in [0.1, 0.15) is 55.8 Å². The van der Waals surface area contributed by atoms with Crippen LogP contribution in [-0.2, 0) is 4.74 Å². The van der Waals surface area contributed by atoms with Gasteiger partial charge in [-0.3, -0.25) is 0 Å².